The van der Waals surface area contributed by atoms with E-state index in [2.05, 4.69) is 86.4 Å². The number of hydrogen-bond donors (Lipinski definition) is 2. The molecule has 1 aliphatic heterocycles. The first kappa shape index (κ1) is 22.8. The summed E-state index contributed by atoms with van der Waals surface area (Å²) < 4.78 is 1.96. The van der Waals surface area contributed by atoms with Crippen molar-refractivity contribution in [1.29, 1.82) is 0 Å². The molecule has 0 radical (unpaired) electrons. The van der Waals surface area contributed by atoms with Crippen LogP contribution in [0.15, 0.2) is 67.4 Å². The van der Waals surface area contributed by atoms with Gasteiger partial charge in [-0.1, -0.05) is 81.1 Å². The van der Waals surface area contributed by atoms with Crippen LogP contribution in [0.2, 0.25) is 0 Å². The van der Waals surface area contributed by atoms with Gasteiger partial charge in [0.25, 0.3) is 5.91 Å². The molecule has 5 heteroatoms. The van der Waals surface area contributed by atoms with E-state index in [0.29, 0.717) is 5.56 Å². The van der Waals surface area contributed by atoms with Gasteiger partial charge >= 0.3 is 0 Å². The summed E-state index contributed by atoms with van der Waals surface area (Å²) >= 11 is 0. The van der Waals surface area contributed by atoms with Gasteiger partial charge in [-0.15, -0.1) is 0 Å². The summed E-state index contributed by atoms with van der Waals surface area (Å²) in [6.45, 7) is 12.4. The zero-order valence-corrected chi connectivity index (χ0v) is 20.1. The molecule has 1 amide bonds. The molecule has 0 saturated carbocycles. The number of fused-ring (bicyclic) bond motifs is 1. The average Bonchev–Trinajstić information content (AvgIpc) is 3.28. The highest BCUT2D eigenvalue weighted by Gasteiger charge is 2.38. The van der Waals surface area contributed by atoms with Crippen molar-refractivity contribution in [2.45, 2.75) is 64.1 Å². The van der Waals surface area contributed by atoms with Crippen molar-refractivity contribution < 1.29 is 4.79 Å². The second-order valence-corrected chi connectivity index (χ2v) is 9.51. The molecule has 2 aromatic carbocycles. The molecule has 0 aliphatic carbocycles. The molecule has 4 rings (SSSR count). The molecule has 5 nitrogen and oxygen atoms in total. The predicted molar refractivity (Wildman–Crippen MR) is 135 cm³/mol. The fourth-order valence-electron chi connectivity index (χ4n) is 4.93. The number of anilines is 1. The van der Waals surface area contributed by atoms with Crippen LogP contribution in [0, 0.1) is 0 Å². The van der Waals surface area contributed by atoms with E-state index in [9.17, 15) is 4.79 Å². The minimum absolute atomic E-state index is 0.107. The normalized spacial score (nSPS) is 17.0. The topological polar surface area (TPSA) is 59.0 Å². The second kappa shape index (κ2) is 8.89. The van der Waals surface area contributed by atoms with Crippen molar-refractivity contribution in [3.8, 4) is 0 Å². The zero-order chi connectivity index (χ0) is 23.6. The van der Waals surface area contributed by atoms with E-state index in [1.54, 1.807) is 6.20 Å². The maximum Gasteiger partial charge on any atom is 0.257 e. The lowest BCUT2D eigenvalue weighted by Gasteiger charge is -2.38. The van der Waals surface area contributed by atoms with Crippen LogP contribution in [-0.2, 0) is 11.1 Å². The summed E-state index contributed by atoms with van der Waals surface area (Å²) in [5, 5.41) is 11.6. The minimum atomic E-state index is -0.450. The SMILES string of the molecule is C=Cc1ccc(C(CC)(CC)NC(=O)c2cnn3c2NC(c2ccccc2)CC3(C)C)cc1. The van der Waals surface area contributed by atoms with E-state index >= 15 is 0 Å². The molecule has 1 aliphatic rings. The number of amides is 1. The quantitative estimate of drug-likeness (QED) is 0.454. The van der Waals surface area contributed by atoms with Crippen LogP contribution in [0.3, 0.4) is 0 Å². The van der Waals surface area contributed by atoms with Gasteiger partial charge < -0.3 is 10.6 Å². The maximum absolute atomic E-state index is 13.6. The number of aromatic nitrogens is 2. The predicted octanol–water partition coefficient (Wildman–Crippen LogP) is 6.26. The zero-order valence-electron chi connectivity index (χ0n) is 20.1. The number of benzene rings is 2. The highest BCUT2D eigenvalue weighted by molar-refractivity contribution is 5.99. The Kier molecular flexibility index (Phi) is 6.15. The summed E-state index contributed by atoms with van der Waals surface area (Å²) in [6.07, 6.45) is 5.99. The van der Waals surface area contributed by atoms with Crippen molar-refractivity contribution in [1.82, 2.24) is 15.1 Å². The smallest absolute Gasteiger partial charge is 0.257 e. The summed E-state index contributed by atoms with van der Waals surface area (Å²) in [5.74, 6) is 0.672. The summed E-state index contributed by atoms with van der Waals surface area (Å²) in [4.78, 5) is 13.6. The third kappa shape index (κ3) is 4.20. The van der Waals surface area contributed by atoms with Crippen LogP contribution in [0.5, 0.6) is 0 Å². The summed E-state index contributed by atoms with van der Waals surface area (Å²) in [5.41, 5.74) is 3.29. The van der Waals surface area contributed by atoms with Crippen molar-refractivity contribution in [3.63, 3.8) is 0 Å². The van der Waals surface area contributed by atoms with Gasteiger partial charge in [0.05, 0.1) is 23.3 Å². The molecular weight excluding hydrogens is 408 g/mol. The minimum Gasteiger partial charge on any atom is -0.363 e. The molecular formula is C28H34N4O. The van der Waals surface area contributed by atoms with Crippen LogP contribution in [-0.4, -0.2) is 15.7 Å². The Morgan fingerprint density at radius 1 is 1.18 bits per heavy atom. The van der Waals surface area contributed by atoms with Gasteiger partial charge in [0.15, 0.2) is 0 Å². The van der Waals surface area contributed by atoms with E-state index in [1.807, 2.05) is 29.0 Å². The maximum atomic E-state index is 13.6. The average molecular weight is 443 g/mol. The summed E-state index contributed by atoms with van der Waals surface area (Å²) in [6, 6.07) is 18.8. The van der Waals surface area contributed by atoms with Crippen LogP contribution in [0.4, 0.5) is 5.82 Å². The number of rotatable bonds is 7. The molecule has 33 heavy (non-hydrogen) atoms. The lowest BCUT2D eigenvalue weighted by Crippen LogP contribution is -2.45. The number of nitrogens with one attached hydrogen (secondary N) is 2. The largest absolute Gasteiger partial charge is 0.363 e. The fraction of sp³-hybridized carbons (Fsp3) is 0.357. The molecule has 3 aromatic rings. The van der Waals surface area contributed by atoms with Crippen molar-refractivity contribution in [3.05, 3.63) is 89.6 Å². The molecule has 0 fully saturated rings. The second-order valence-electron chi connectivity index (χ2n) is 9.51. The van der Waals surface area contributed by atoms with Gasteiger partial charge in [-0.2, -0.15) is 5.10 Å². The van der Waals surface area contributed by atoms with E-state index in [-0.39, 0.29) is 17.5 Å². The van der Waals surface area contributed by atoms with Crippen LogP contribution >= 0.6 is 0 Å². The van der Waals surface area contributed by atoms with Gasteiger partial charge in [0.2, 0.25) is 0 Å². The molecule has 0 bridgehead atoms. The molecule has 1 atom stereocenters. The van der Waals surface area contributed by atoms with Crippen molar-refractivity contribution >= 4 is 17.8 Å². The third-order valence-corrected chi connectivity index (χ3v) is 7.06. The van der Waals surface area contributed by atoms with Crippen LogP contribution < -0.4 is 10.6 Å². The number of carbonyl (C=O) groups excluding carboxylic acids is 1. The highest BCUT2D eigenvalue weighted by atomic mass is 16.1. The fourth-order valence-corrected chi connectivity index (χ4v) is 4.93. The third-order valence-electron chi connectivity index (χ3n) is 7.06. The Hall–Kier alpha value is -3.34. The molecule has 172 valence electrons. The van der Waals surface area contributed by atoms with Crippen molar-refractivity contribution in [2.24, 2.45) is 0 Å². The first-order valence-electron chi connectivity index (χ1n) is 11.8. The van der Waals surface area contributed by atoms with E-state index in [4.69, 9.17) is 0 Å². The molecule has 0 spiro atoms. The van der Waals surface area contributed by atoms with E-state index in [0.717, 1.165) is 36.2 Å². The Labute approximate surface area is 196 Å². The number of carbonyl (C=O) groups is 1. The lowest BCUT2D eigenvalue weighted by molar-refractivity contribution is 0.0890. The Bertz CT molecular complexity index is 1120. The van der Waals surface area contributed by atoms with Crippen molar-refractivity contribution in [2.75, 3.05) is 5.32 Å². The van der Waals surface area contributed by atoms with Gasteiger partial charge in [-0.05, 0) is 49.8 Å². The van der Waals surface area contributed by atoms with Gasteiger partial charge in [-0.25, -0.2) is 4.68 Å². The molecule has 1 aromatic heterocycles. The first-order chi connectivity index (χ1) is 15.8. The van der Waals surface area contributed by atoms with Gasteiger partial charge in [0.1, 0.15) is 11.4 Å². The lowest BCUT2D eigenvalue weighted by atomic mass is 9.84. The number of hydrogen-bond acceptors (Lipinski definition) is 3. The molecule has 1 unspecified atom stereocenters. The Morgan fingerprint density at radius 3 is 2.45 bits per heavy atom. The van der Waals surface area contributed by atoms with Crippen LogP contribution in [0.25, 0.3) is 6.08 Å². The Balaban J connectivity index is 1.67. The molecule has 0 saturated heterocycles. The number of nitrogens with zero attached hydrogens (tertiary/aromatic N) is 2. The van der Waals surface area contributed by atoms with Crippen LogP contribution in [0.1, 0.15) is 80.0 Å². The van der Waals surface area contributed by atoms with E-state index < -0.39 is 5.54 Å². The monoisotopic (exact) mass is 442 g/mol. The molecule has 2 heterocycles. The highest BCUT2D eigenvalue weighted by Crippen LogP contribution is 2.40. The molecule has 2 N–H and O–H groups in total. The Morgan fingerprint density at radius 2 is 1.85 bits per heavy atom. The summed E-state index contributed by atoms with van der Waals surface area (Å²) in [7, 11) is 0. The standard InChI is InChI=1S/C28H34N4O/c1-6-20-14-16-22(17-15-20)28(7-2,8-3)31-26(33)23-19-29-32-25(23)30-24(18-27(32,4)5)21-12-10-9-11-13-21/h6,9-17,19,24,30H,1,7-8,18H2,2-5H3,(H,31,33). The van der Waals surface area contributed by atoms with Gasteiger partial charge in [-0.3, -0.25) is 4.79 Å². The van der Waals surface area contributed by atoms with Gasteiger partial charge in [0, 0.05) is 0 Å². The first-order valence-corrected chi connectivity index (χ1v) is 11.8. The van der Waals surface area contributed by atoms with E-state index in [1.165, 1.54) is 5.56 Å².